The zero-order chi connectivity index (χ0) is 19.9. The topological polar surface area (TPSA) is 84.4 Å². The molecule has 8 heteroatoms. The van der Waals surface area contributed by atoms with E-state index in [4.69, 9.17) is 16.3 Å². The van der Waals surface area contributed by atoms with Crippen LogP contribution in [0.5, 0.6) is 0 Å². The molecule has 1 aliphatic rings. The molecule has 0 atom stereocenters. The number of esters is 1. The summed E-state index contributed by atoms with van der Waals surface area (Å²) < 4.78 is 5.09. The largest absolute Gasteiger partial charge is 0.466 e. The van der Waals surface area contributed by atoms with E-state index in [0.717, 1.165) is 37.3 Å². The lowest BCUT2D eigenvalue weighted by molar-refractivity contribution is -0.148. The molecule has 0 bridgehead atoms. The number of halogens is 1. The van der Waals surface area contributed by atoms with Gasteiger partial charge in [0.2, 0.25) is 5.91 Å². The fourth-order valence-corrected chi connectivity index (χ4v) is 3.37. The van der Waals surface area contributed by atoms with Gasteiger partial charge in [0.05, 0.1) is 18.9 Å². The van der Waals surface area contributed by atoms with Gasteiger partial charge in [0.15, 0.2) is 11.6 Å². The van der Waals surface area contributed by atoms with E-state index < -0.39 is 0 Å². The van der Waals surface area contributed by atoms with Crippen LogP contribution in [0.3, 0.4) is 0 Å². The maximum atomic E-state index is 12.2. The van der Waals surface area contributed by atoms with Crippen LogP contribution in [0.1, 0.15) is 25.3 Å². The van der Waals surface area contributed by atoms with E-state index in [2.05, 4.69) is 20.4 Å². The molecule has 28 heavy (non-hydrogen) atoms. The molecule has 1 aliphatic heterocycles. The number of ether oxygens (including phenoxy) is 1. The van der Waals surface area contributed by atoms with E-state index in [1.165, 1.54) is 0 Å². The van der Waals surface area contributed by atoms with Crippen LogP contribution in [-0.4, -0.2) is 41.8 Å². The van der Waals surface area contributed by atoms with Crippen molar-refractivity contribution in [1.82, 2.24) is 10.2 Å². The number of anilines is 2. The Bertz CT molecular complexity index is 820. The van der Waals surface area contributed by atoms with Gasteiger partial charge in [-0.15, -0.1) is 10.2 Å². The summed E-state index contributed by atoms with van der Waals surface area (Å²) in [5.41, 5.74) is 0.760. The van der Waals surface area contributed by atoms with Gasteiger partial charge in [-0.25, -0.2) is 0 Å². The van der Waals surface area contributed by atoms with Crippen molar-refractivity contribution in [2.45, 2.75) is 26.2 Å². The third-order valence-electron chi connectivity index (χ3n) is 4.67. The first-order valence-electron chi connectivity index (χ1n) is 9.35. The van der Waals surface area contributed by atoms with E-state index in [-0.39, 0.29) is 24.2 Å². The highest BCUT2D eigenvalue weighted by Crippen LogP contribution is 2.23. The van der Waals surface area contributed by atoms with E-state index in [9.17, 15) is 9.59 Å². The highest BCUT2D eigenvalue weighted by Gasteiger charge is 2.26. The predicted molar refractivity (Wildman–Crippen MR) is 107 cm³/mol. The number of benzene rings is 1. The first-order chi connectivity index (χ1) is 13.6. The minimum Gasteiger partial charge on any atom is -0.466 e. The molecule has 0 radical (unpaired) electrons. The van der Waals surface area contributed by atoms with Gasteiger partial charge in [0.1, 0.15) is 0 Å². The highest BCUT2D eigenvalue weighted by molar-refractivity contribution is 6.31. The summed E-state index contributed by atoms with van der Waals surface area (Å²) in [5, 5.41) is 11.6. The van der Waals surface area contributed by atoms with Gasteiger partial charge < -0.3 is 15.0 Å². The Morgan fingerprint density at radius 3 is 2.57 bits per heavy atom. The minimum absolute atomic E-state index is 0.0486. The average Bonchev–Trinajstić information content (AvgIpc) is 2.71. The molecule has 0 aliphatic carbocycles. The normalized spacial score (nSPS) is 14.6. The summed E-state index contributed by atoms with van der Waals surface area (Å²) in [6.45, 7) is 3.67. The van der Waals surface area contributed by atoms with Gasteiger partial charge in [-0.1, -0.05) is 29.8 Å². The number of hydrogen-bond acceptors (Lipinski definition) is 6. The SMILES string of the molecule is CCOC(=O)C1CCN(c2ccc(NC(=O)Cc3ccccc3Cl)nn2)CC1. The Kier molecular flexibility index (Phi) is 6.81. The van der Waals surface area contributed by atoms with E-state index in [0.29, 0.717) is 17.4 Å². The number of aromatic nitrogens is 2. The Morgan fingerprint density at radius 1 is 1.18 bits per heavy atom. The van der Waals surface area contributed by atoms with Crippen LogP contribution < -0.4 is 10.2 Å². The molecule has 0 spiro atoms. The maximum Gasteiger partial charge on any atom is 0.309 e. The number of carbonyl (C=O) groups is 2. The Morgan fingerprint density at radius 2 is 1.93 bits per heavy atom. The number of carbonyl (C=O) groups excluding carboxylic acids is 2. The van der Waals surface area contributed by atoms with E-state index >= 15 is 0 Å². The molecule has 7 nitrogen and oxygen atoms in total. The number of piperidine rings is 1. The number of amides is 1. The summed E-state index contributed by atoms with van der Waals surface area (Å²) in [7, 11) is 0. The van der Waals surface area contributed by atoms with Crippen molar-refractivity contribution in [3.05, 3.63) is 47.0 Å². The third kappa shape index (κ3) is 5.19. The zero-order valence-corrected chi connectivity index (χ0v) is 16.5. The first kappa shape index (κ1) is 20.1. The first-order valence-corrected chi connectivity index (χ1v) is 9.73. The van der Waals surface area contributed by atoms with Crippen LogP contribution >= 0.6 is 11.6 Å². The Hall–Kier alpha value is -2.67. The minimum atomic E-state index is -0.203. The number of rotatable bonds is 6. The smallest absolute Gasteiger partial charge is 0.309 e. The van der Waals surface area contributed by atoms with Crippen LogP contribution in [0.25, 0.3) is 0 Å². The van der Waals surface area contributed by atoms with Gasteiger partial charge in [-0.3, -0.25) is 9.59 Å². The van der Waals surface area contributed by atoms with Gasteiger partial charge >= 0.3 is 5.97 Å². The number of nitrogens with one attached hydrogen (secondary N) is 1. The molecule has 2 heterocycles. The summed E-state index contributed by atoms with van der Waals surface area (Å²) in [6, 6.07) is 10.8. The lowest BCUT2D eigenvalue weighted by atomic mass is 9.97. The second kappa shape index (κ2) is 9.50. The quantitative estimate of drug-likeness (QED) is 0.747. The van der Waals surface area contributed by atoms with Crippen molar-refractivity contribution in [3.8, 4) is 0 Å². The molecule has 1 fully saturated rings. The molecule has 2 aromatic rings. The molecular weight excluding hydrogens is 380 g/mol. The average molecular weight is 403 g/mol. The van der Waals surface area contributed by atoms with Crippen molar-refractivity contribution in [3.63, 3.8) is 0 Å². The van der Waals surface area contributed by atoms with Crippen molar-refractivity contribution in [2.75, 3.05) is 29.9 Å². The van der Waals surface area contributed by atoms with Crippen LogP contribution in [0.15, 0.2) is 36.4 Å². The molecule has 1 saturated heterocycles. The van der Waals surface area contributed by atoms with Gasteiger partial charge in [-0.05, 0) is 43.5 Å². The fraction of sp³-hybridized carbons (Fsp3) is 0.400. The molecule has 1 aromatic heterocycles. The van der Waals surface area contributed by atoms with Crippen molar-refractivity contribution in [2.24, 2.45) is 5.92 Å². The van der Waals surface area contributed by atoms with Crippen LogP contribution in [0, 0.1) is 5.92 Å². The summed E-state index contributed by atoms with van der Waals surface area (Å²) in [6.07, 6.45) is 1.64. The summed E-state index contributed by atoms with van der Waals surface area (Å²) in [5.74, 6) is 0.747. The second-order valence-electron chi connectivity index (χ2n) is 6.61. The molecule has 1 N–H and O–H groups in total. The van der Waals surface area contributed by atoms with Crippen LogP contribution in [0.2, 0.25) is 5.02 Å². The summed E-state index contributed by atoms with van der Waals surface area (Å²) >= 11 is 6.08. The predicted octanol–water partition coefficient (Wildman–Crippen LogP) is 3.09. The standard InChI is InChI=1S/C20H23ClN4O3/c1-2-28-20(27)14-9-11-25(12-10-14)18-8-7-17(23-24-18)22-19(26)13-15-5-3-4-6-16(15)21/h3-8,14H,2,9-13H2,1H3,(H,22,23,26). The maximum absolute atomic E-state index is 12.2. The highest BCUT2D eigenvalue weighted by atomic mass is 35.5. The number of nitrogens with zero attached hydrogens (tertiary/aromatic N) is 3. The molecule has 1 aromatic carbocycles. The molecule has 3 rings (SSSR count). The van der Waals surface area contributed by atoms with Crippen molar-refractivity contribution in [1.29, 1.82) is 0 Å². The molecule has 148 valence electrons. The van der Waals surface area contributed by atoms with Crippen LogP contribution in [0.4, 0.5) is 11.6 Å². The lowest BCUT2D eigenvalue weighted by Gasteiger charge is -2.31. The third-order valence-corrected chi connectivity index (χ3v) is 5.03. The molecular formula is C20H23ClN4O3. The Labute approximate surface area is 169 Å². The van der Waals surface area contributed by atoms with E-state index in [1.54, 1.807) is 12.1 Å². The van der Waals surface area contributed by atoms with Crippen LogP contribution in [-0.2, 0) is 20.7 Å². The molecule has 1 amide bonds. The van der Waals surface area contributed by atoms with E-state index in [1.807, 2.05) is 31.2 Å². The van der Waals surface area contributed by atoms with Crippen molar-refractivity contribution >= 4 is 35.1 Å². The molecule has 0 saturated carbocycles. The van der Waals surface area contributed by atoms with Crippen molar-refractivity contribution < 1.29 is 14.3 Å². The fourth-order valence-electron chi connectivity index (χ4n) is 3.17. The summed E-state index contributed by atoms with van der Waals surface area (Å²) in [4.78, 5) is 26.1. The Balaban J connectivity index is 1.52. The van der Waals surface area contributed by atoms with Gasteiger partial charge in [-0.2, -0.15) is 0 Å². The lowest BCUT2D eigenvalue weighted by Crippen LogP contribution is -2.37. The van der Waals surface area contributed by atoms with Gasteiger partial charge in [0, 0.05) is 18.1 Å². The zero-order valence-electron chi connectivity index (χ0n) is 15.7. The second-order valence-corrected chi connectivity index (χ2v) is 7.01. The monoisotopic (exact) mass is 402 g/mol. The van der Waals surface area contributed by atoms with Gasteiger partial charge in [0.25, 0.3) is 0 Å². The molecule has 0 unspecified atom stereocenters. The number of hydrogen-bond donors (Lipinski definition) is 1.